The molecule has 2 fully saturated rings. The van der Waals surface area contributed by atoms with Gasteiger partial charge in [-0.2, -0.15) is 0 Å². The van der Waals surface area contributed by atoms with Gasteiger partial charge in [0, 0.05) is 6.04 Å². The van der Waals surface area contributed by atoms with E-state index in [1.807, 2.05) is 0 Å². The number of nitrogens with zero attached hydrogens (tertiary/aromatic N) is 1. The Labute approximate surface area is 69.8 Å². The molecule has 0 unspecified atom stereocenters. The molecule has 1 heteroatoms. The first kappa shape index (κ1) is 7.60. The van der Waals surface area contributed by atoms with Crippen LogP contribution in [0.4, 0.5) is 0 Å². The van der Waals surface area contributed by atoms with Gasteiger partial charge in [0.25, 0.3) is 0 Å². The van der Waals surface area contributed by atoms with E-state index in [-0.39, 0.29) is 0 Å². The molecule has 0 bridgehead atoms. The largest absolute Gasteiger partial charge is 0.303 e. The van der Waals surface area contributed by atoms with Crippen LogP contribution >= 0.6 is 0 Å². The fourth-order valence-corrected chi connectivity index (χ4v) is 3.01. The van der Waals surface area contributed by atoms with Crippen molar-refractivity contribution in [2.75, 3.05) is 13.6 Å². The summed E-state index contributed by atoms with van der Waals surface area (Å²) in [4.78, 5) is 2.57. The van der Waals surface area contributed by atoms with E-state index in [1.165, 1.54) is 38.6 Å². The number of hydrogen-bond donors (Lipinski definition) is 0. The summed E-state index contributed by atoms with van der Waals surface area (Å²) < 4.78 is 0. The first-order valence-electron chi connectivity index (χ1n) is 4.93. The van der Waals surface area contributed by atoms with Crippen LogP contribution in [0, 0.1) is 5.41 Å². The Balaban J connectivity index is 2.14. The molecule has 0 amide bonds. The SMILES string of the molecule is CN1CC[C@]2(C)CCCC[C@H]12. The van der Waals surface area contributed by atoms with Crippen LogP contribution in [0.2, 0.25) is 0 Å². The lowest BCUT2D eigenvalue weighted by atomic mass is 9.72. The summed E-state index contributed by atoms with van der Waals surface area (Å²) in [5.41, 5.74) is 0.688. The van der Waals surface area contributed by atoms with Crippen LogP contribution in [0.1, 0.15) is 39.0 Å². The van der Waals surface area contributed by atoms with E-state index in [4.69, 9.17) is 0 Å². The highest BCUT2D eigenvalue weighted by molar-refractivity contribution is 4.97. The number of hydrogen-bond acceptors (Lipinski definition) is 1. The minimum absolute atomic E-state index is 0.688. The van der Waals surface area contributed by atoms with Gasteiger partial charge < -0.3 is 4.90 Å². The van der Waals surface area contributed by atoms with Crippen LogP contribution in [0.25, 0.3) is 0 Å². The molecule has 11 heavy (non-hydrogen) atoms. The predicted molar refractivity (Wildman–Crippen MR) is 47.6 cm³/mol. The molecule has 1 aliphatic heterocycles. The number of rotatable bonds is 0. The van der Waals surface area contributed by atoms with Gasteiger partial charge >= 0.3 is 0 Å². The average Bonchev–Trinajstić information content (AvgIpc) is 2.29. The second kappa shape index (κ2) is 2.48. The van der Waals surface area contributed by atoms with Gasteiger partial charge in [0.15, 0.2) is 0 Å². The van der Waals surface area contributed by atoms with Crippen molar-refractivity contribution in [2.45, 2.75) is 45.1 Å². The van der Waals surface area contributed by atoms with Crippen molar-refractivity contribution in [3.8, 4) is 0 Å². The van der Waals surface area contributed by atoms with E-state index >= 15 is 0 Å². The molecule has 1 aliphatic carbocycles. The maximum atomic E-state index is 2.57. The van der Waals surface area contributed by atoms with E-state index in [1.54, 1.807) is 0 Å². The first-order valence-corrected chi connectivity index (χ1v) is 4.93. The molecule has 0 N–H and O–H groups in total. The molecule has 2 atom stereocenters. The molecule has 0 aromatic heterocycles. The third-order valence-electron chi connectivity index (χ3n) is 3.85. The fraction of sp³-hybridized carbons (Fsp3) is 1.00. The summed E-state index contributed by atoms with van der Waals surface area (Å²) in [6.45, 7) is 3.82. The van der Waals surface area contributed by atoms with Crippen molar-refractivity contribution in [2.24, 2.45) is 5.41 Å². The summed E-state index contributed by atoms with van der Waals surface area (Å²) in [6.07, 6.45) is 7.30. The Bertz CT molecular complexity index is 151. The summed E-state index contributed by atoms with van der Waals surface area (Å²) in [5, 5.41) is 0. The van der Waals surface area contributed by atoms with E-state index in [9.17, 15) is 0 Å². The van der Waals surface area contributed by atoms with E-state index < -0.39 is 0 Å². The van der Waals surface area contributed by atoms with Gasteiger partial charge in [-0.25, -0.2) is 0 Å². The van der Waals surface area contributed by atoms with Gasteiger partial charge in [0.2, 0.25) is 0 Å². The normalized spacial score (nSPS) is 45.8. The molecule has 0 aromatic rings. The Morgan fingerprint density at radius 1 is 1.27 bits per heavy atom. The Morgan fingerprint density at radius 3 is 2.82 bits per heavy atom. The monoisotopic (exact) mass is 153 g/mol. The van der Waals surface area contributed by atoms with Crippen molar-refractivity contribution in [3.05, 3.63) is 0 Å². The van der Waals surface area contributed by atoms with Crippen molar-refractivity contribution in [1.82, 2.24) is 4.90 Å². The zero-order valence-corrected chi connectivity index (χ0v) is 7.77. The highest BCUT2D eigenvalue weighted by Gasteiger charge is 2.42. The minimum atomic E-state index is 0.688. The molecule has 0 aromatic carbocycles. The lowest BCUT2D eigenvalue weighted by molar-refractivity contribution is 0.134. The van der Waals surface area contributed by atoms with Crippen LogP contribution in [0.15, 0.2) is 0 Å². The highest BCUT2D eigenvalue weighted by atomic mass is 15.2. The lowest BCUT2D eigenvalue weighted by Gasteiger charge is -2.38. The summed E-state index contributed by atoms with van der Waals surface area (Å²) in [6, 6.07) is 0.913. The van der Waals surface area contributed by atoms with Gasteiger partial charge in [-0.05, 0) is 38.3 Å². The predicted octanol–water partition coefficient (Wildman–Crippen LogP) is 2.27. The summed E-state index contributed by atoms with van der Waals surface area (Å²) in [5.74, 6) is 0. The molecule has 1 heterocycles. The van der Waals surface area contributed by atoms with Gasteiger partial charge in [-0.15, -0.1) is 0 Å². The second-order valence-electron chi connectivity index (χ2n) is 4.65. The molecule has 2 rings (SSSR count). The Kier molecular flexibility index (Phi) is 1.71. The molecular weight excluding hydrogens is 134 g/mol. The molecule has 0 radical (unpaired) electrons. The summed E-state index contributed by atoms with van der Waals surface area (Å²) in [7, 11) is 2.29. The minimum Gasteiger partial charge on any atom is -0.303 e. The molecule has 2 aliphatic rings. The van der Waals surface area contributed by atoms with E-state index in [0.29, 0.717) is 5.41 Å². The summed E-state index contributed by atoms with van der Waals surface area (Å²) >= 11 is 0. The van der Waals surface area contributed by atoms with E-state index in [0.717, 1.165) is 6.04 Å². The third-order valence-corrected chi connectivity index (χ3v) is 3.85. The molecular formula is C10H19N. The zero-order valence-electron chi connectivity index (χ0n) is 7.77. The standard InChI is InChI=1S/C10H19N/c1-10-6-4-3-5-9(10)11(2)8-7-10/h9H,3-8H2,1-2H3/t9-,10-/m0/s1. The van der Waals surface area contributed by atoms with Crippen LogP contribution in [-0.4, -0.2) is 24.5 Å². The average molecular weight is 153 g/mol. The smallest absolute Gasteiger partial charge is 0.0146 e. The van der Waals surface area contributed by atoms with Crippen LogP contribution < -0.4 is 0 Å². The number of likely N-dealkylation sites (tertiary alicyclic amines) is 1. The van der Waals surface area contributed by atoms with Crippen LogP contribution in [-0.2, 0) is 0 Å². The van der Waals surface area contributed by atoms with Gasteiger partial charge in [0.1, 0.15) is 0 Å². The maximum Gasteiger partial charge on any atom is 0.0146 e. The maximum absolute atomic E-state index is 2.57. The van der Waals surface area contributed by atoms with Gasteiger partial charge in [-0.3, -0.25) is 0 Å². The van der Waals surface area contributed by atoms with Crippen molar-refractivity contribution in [3.63, 3.8) is 0 Å². The third kappa shape index (κ3) is 1.10. The Hall–Kier alpha value is -0.0400. The fourth-order valence-electron chi connectivity index (χ4n) is 3.01. The lowest BCUT2D eigenvalue weighted by Crippen LogP contribution is -2.38. The van der Waals surface area contributed by atoms with Crippen LogP contribution in [0.5, 0.6) is 0 Å². The molecule has 1 nitrogen and oxygen atoms in total. The number of fused-ring (bicyclic) bond motifs is 1. The molecule has 1 saturated heterocycles. The quantitative estimate of drug-likeness (QED) is 0.516. The zero-order chi connectivity index (χ0) is 7.90. The van der Waals surface area contributed by atoms with Crippen molar-refractivity contribution >= 4 is 0 Å². The molecule has 64 valence electrons. The van der Waals surface area contributed by atoms with Crippen molar-refractivity contribution < 1.29 is 0 Å². The first-order chi connectivity index (χ1) is 5.22. The second-order valence-corrected chi connectivity index (χ2v) is 4.65. The topological polar surface area (TPSA) is 3.24 Å². The van der Waals surface area contributed by atoms with Gasteiger partial charge in [-0.1, -0.05) is 19.8 Å². The van der Waals surface area contributed by atoms with Crippen molar-refractivity contribution in [1.29, 1.82) is 0 Å². The Morgan fingerprint density at radius 2 is 2.09 bits per heavy atom. The van der Waals surface area contributed by atoms with E-state index in [2.05, 4.69) is 18.9 Å². The van der Waals surface area contributed by atoms with Gasteiger partial charge in [0.05, 0.1) is 0 Å². The molecule has 0 spiro atoms. The highest BCUT2D eigenvalue weighted by Crippen LogP contribution is 2.45. The van der Waals surface area contributed by atoms with Crippen LogP contribution in [0.3, 0.4) is 0 Å². The molecule has 1 saturated carbocycles.